The van der Waals surface area contributed by atoms with Crippen molar-refractivity contribution >= 4 is 0 Å². The molecule has 2 rings (SSSR count). The smallest absolute Gasteiger partial charge is 0.217 e. The minimum Gasteiger partial charge on any atom is -0.481 e. The molecule has 0 bridgehead atoms. The molecule has 0 spiro atoms. The van der Waals surface area contributed by atoms with E-state index in [1.165, 1.54) is 13.2 Å². The number of halogens is 2. The zero-order valence-electron chi connectivity index (χ0n) is 12.1. The molecule has 112 valence electrons. The van der Waals surface area contributed by atoms with Crippen molar-refractivity contribution in [3.63, 3.8) is 0 Å². The molecule has 0 aliphatic heterocycles. The third-order valence-electron chi connectivity index (χ3n) is 3.25. The Kier molecular flexibility index (Phi) is 5.22. The standard InChI is InChI=1S/C16H18F2N2O/c1-3-19-15(13-5-4-8-20-16(13)21-2)10-11-9-12(17)6-7-14(11)18/h4-9,15,19H,3,10H2,1-2H3. The van der Waals surface area contributed by atoms with Crippen molar-refractivity contribution in [1.82, 2.24) is 10.3 Å². The lowest BCUT2D eigenvalue weighted by atomic mass is 9.99. The zero-order chi connectivity index (χ0) is 15.2. The van der Waals surface area contributed by atoms with E-state index in [0.29, 0.717) is 24.4 Å². The summed E-state index contributed by atoms with van der Waals surface area (Å²) < 4.78 is 32.4. The summed E-state index contributed by atoms with van der Waals surface area (Å²) in [4.78, 5) is 4.15. The Morgan fingerprint density at radius 1 is 1.29 bits per heavy atom. The molecule has 0 aliphatic carbocycles. The summed E-state index contributed by atoms with van der Waals surface area (Å²) in [5.74, 6) is -0.373. The number of benzene rings is 1. The van der Waals surface area contributed by atoms with Crippen molar-refractivity contribution in [1.29, 1.82) is 0 Å². The van der Waals surface area contributed by atoms with E-state index in [0.717, 1.165) is 17.7 Å². The van der Waals surface area contributed by atoms with Crippen LogP contribution in [0.4, 0.5) is 8.78 Å². The lowest BCUT2D eigenvalue weighted by Gasteiger charge is -2.20. The summed E-state index contributed by atoms with van der Waals surface area (Å²) >= 11 is 0. The number of nitrogens with zero attached hydrogens (tertiary/aromatic N) is 1. The van der Waals surface area contributed by atoms with E-state index in [-0.39, 0.29) is 6.04 Å². The maximum Gasteiger partial charge on any atom is 0.217 e. The van der Waals surface area contributed by atoms with Gasteiger partial charge in [-0.25, -0.2) is 13.8 Å². The van der Waals surface area contributed by atoms with Gasteiger partial charge in [0.1, 0.15) is 11.6 Å². The highest BCUT2D eigenvalue weighted by Gasteiger charge is 2.18. The van der Waals surface area contributed by atoms with Crippen LogP contribution in [0, 0.1) is 11.6 Å². The van der Waals surface area contributed by atoms with Crippen molar-refractivity contribution in [2.75, 3.05) is 13.7 Å². The van der Waals surface area contributed by atoms with Crippen LogP contribution >= 0.6 is 0 Å². The van der Waals surface area contributed by atoms with Crippen molar-refractivity contribution in [2.45, 2.75) is 19.4 Å². The van der Waals surface area contributed by atoms with E-state index < -0.39 is 11.6 Å². The van der Waals surface area contributed by atoms with Gasteiger partial charge < -0.3 is 10.1 Å². The second kappa shape index (κ2) is 7.13. The van der Waals surface area contributed by atoms with Gasteiger partial charge in [0.05, 0.1) is 7.11 Å². The summed E-state index contributed by atoms with van der Waals surface area (Å²) in [6, 6.07) is 6.96. The second-order valence-electron chi connectivity index (χ2n) is 4.65. The number of nitrogens with one attached hydrogen (secondary N) is 1. The number of likely N-dealkylation sites (N-methyl/N-ethyl adjacent to an activating group) is 1. The molecule has 21 heavy (non-hydrogen) atoms. The van der Waals surface area contributed by atoms with Gasteiger partial charge in [-0.2, -0.15) is 0 Å². The highest BCUT2D eigenvalue weighted by Crippen LogP contribution is 2.26. The Morgan fingerprint density at radius 3 is 2.81 bits per heavy atom. The van der Waals surface area contributed by atoms with Crippen LogP contribution in [0.15, 0.2) is 36.5 Å². The van der Waals surface area contributed by atoms with Gasteiger partial charge in [-0.3, -0.25) is 0 Å². The van der Waals surface area contributed by atoms with Gasteiger partial charge >= 0.3 is 0 Å². The average Bonchev–Trinajstić information content (AvgIpc) is 2.50. The highest BCUT2D eigenvalue weighted by atomic mass is 19.1. The number of ether oxygens (including phenoxy) is 1. The van der Waals surface area contributed by atoms with Gasteiger partial charge in [0.25, 0.3) is 0 Å². The molecule has 2 aromatic rings. The van der Waals surface area contributed by atoms with E-state index in [1.807, 2.05) is 13.0 Å². The molecule has 0 saturated heterocycles. The number of pyridine rings is 1. The van der Waals surface area contributed by atoms with Crippen molar-refractivity contribution in [2.24, 2.45) is 0 Å². The van der Waals surface area contributed by atoms with Crippen molar-refractivity contribution < 1.29 is 13.5 Å². The molecule has 0 radical (unpaired) electrons. The molecule has 1 atom stereocenters. The number of aromatic nitrogens is 1. The molecular formula is C16H18F2N2O. The quantitative estimate of drug-likeness (QED) is 0.887. The molecule has 0 saturated carbocycles. The van der Waals surface area contributed by atoms with E-state index in [9.17, 15) is 8.78 Å². The van der Waals surface area contributed by atoms with Gasteiger partial charge in [-0.15, -0.1) is 0 Å². The van der Waals surface area contributed by atoms with Gasteiger partial charge in [-0.1, -0.05) is 13.0 Å². The first-order chi connectivity index (χ1) is 10.2. The van der Waals surface area contributed by atoms with E-state index in [1.54, 1.807) is 12.3 Å². The summed E-state index contributed by atoms with van der Waals surface area (Å²) in [5, 5.41) is 3.26. The van der Waals surface area contributed by atoms with Crippen molar-refractivity contribution in [3.05, 3.63) is 59.3 Å². The first-order valence-electron chi connectivity index (χ1n) is 6.82. The van der Waals surface area contributed by atoms with Crippen LogP contribution in [-0.2, 0) is 6.42 Å². The topological polar surface area (TPSA) is 34.2 Å². The Labute approximate surface area is 123 Å². The molecule has 0 aliphatic rings. The van der Waals surface area contributed by atoms with Crippen LogP contribution < -0.4 is 10.1 Å². The molecule has 3 nitrogen and oxygen atoms in total. The Hall–Kier alpha value is -2.01. The monoisotopic (exact) mass is 292 g/mol. The summed E-state index contributed by atoms with van der Waals surface area (Å²) in [7, 11) is 1.54. The predicted octanol–water partition coefficient (Wildman–Crippen LogP) is 3.26. The predicted molar refractivity (Wildman–Crippen MR) is 77.3 cm³/mol. The van der Waals surface area contributed by atoms with Gasteiger partial charge in [0, 0.05) is 17.8 Å². The molecule has 1 aromatic carbocycles. The van der Waals surface area contributed by atoms with Crippen LogP contribution in [0.3, 0.4) is 0 Å². The first kappa shape index (κ1) is 15.4. The number of methoxy groups -OCH3 is 1. The van der Waals surface area contributed by atoms with E-state index in [4.69, 9.17) is 4.74 Å². The molecule has 5 heteroatoms. The Morgan fingerprint density at radius 2 is 2.10 bits per heavy atom. The maximum atomic E-state index is 13.8. The Balaban J connectivity index is 2.33. The minimum atomic E-state index is -0.445. The molecule has 0 fully saturated rings. The largest absolute Gasteiger partial charge is 0.481 e. The third kappa shape index (κ3) is 3.76. The first-order valence-corrected chi connectivity index (χ1v) is 6.82. The van der Waals surface area contributed by atoms with Gasteiger partial charge in [0.15, 0.2) is 0 Å². The summed E-state index contributed by atoms with van der Waals surface area (Å²) in [5.41, 5.74) is 1.15. The number of hydrogen-bond acceptors (Lipinski definition) is 3. The second-order valence-corrected chi connectivity index (χ2v) is 4.65. The fourth-order valence-corrected chi connectivity index (χ4v) is 2.30. The molecular weight excluding hydrogens is 274 g/mol. The summed E-state index contributed by atoms with van der Waals surface area (Å²) in [6.45, 7) is 2.65. The van der Waals surface area contributed by atoms with Gasteiger partial charge in [-0.05, 0) is 42.8 Å². The van der Waals surface area contributed by atoms with Crippen LogP contribution in [0.25, 0.3) is 0 Å². The van der Waals surface area contributed by atoms with Crippen LogP contribution in [0.2, 0.25) is 0 Å². The highest BCUT2D eigenvalue weighted by molar-refractivity contribution is 5.31. The van der Waals surface area contributed by atoms with Crippen LogP contribution in [0.5, 0.6) is 5.88 Å². The van der Waals surface area contributed by atoms with Crippen LogP contribution in [-0.4, -0.2) is 18.6 Å². The normalized spacial score (nSPS) is 12.2. The average molecular weight is 292 g/mol. The molecule has 1 aromatic heterocycles. The third-order valence-corrected chi connectivity index (χ3v) is 3.25. The lowest BCUT2D eigenvalue weighted by molar-refractivity contribution is 0.382. The van der Waals surface area contributed by atoms with E-state index >= 15 is 0 Å². The van der Waals surface area contributed by atoms with Gasteiger partial charge in [0.2, 0.25) is 5.88 Å². The fourth-order valence-electron chi connectivity index (χ4n) is 2.30. The summed E-state index contributed by atoms with van der Waals surface area (Å²) in [6.07, 6.45) is 1.95. The molecule has 0 amide bonds. The maximum absolute atomic E-state index is 13.8. The van der Waals surface area contributed by atoms with Crippen LogP contribution in [0.1, 0.15) is 24.1 Å². The lowest BCUT2D eigenvalue weighted by Crippen LogP contribution is -2.24. The fraction of sp³-hybridized carbons (Fsp3) is 0.312. The number of rotatable bonds is 6. The Bertz CT molecular complexity index is 605. The van der Waals surface area contributed by atoms with Crippen molar-refractivity contribution in [3.8, 4) is 5.88 Å². The van der Waals surface area contributed by atoms with E-state index in [2.05, 4.69) is 10.3 Å². The number of hydrogen-bond donors (Lipinski definition) is 1. The molecule has 1 heterocycles. The minimum absolute atomic E-state index is 0.199. The molecule has 1 N–H and O–H groups in total. The zero-order valence-corrected chi connectivity index (χ0v) is 12.1. The SMILES string of the molecule is CCNC(Cc1cc(F)ccc1F)c1cccnc1OC. The molecule has 1 unspecified atom stereocenters.